The van der Waals surface area contributed by atoms with Gasteiger partial charge >= 0.3 is 0 Å². The summed E-state index contributed by atoms with van der Waals surface area (Å²) >= 11 is 1.55. The van der Waals surface area contributed by atoms with Crippen molar-refractivity contribution in [3.63, 3.8) is 0 Å². The molecule has 7 heteroatoms. The number of nitrogens with zero attached hydrogens (tertiary/aromatic N) is 3. The molecule has 0 fully saturated rings. The Morgan fingerprint density at radius 1 is 1.19 bits per heavy atom. The maximum absolute atomic E-state index is 11.8. The second kappa shape index (κ2) is 8.96. The Balaban J connectivity index is 1.65. The maximum Gasteiger partial charge on any atom is 0.262 e. The number of carbonyl (C=O) groups excluding carboxylic acids is 1. The van der Waals surface area contributed by atoms with Gasteiger partial charge in [-0.15, -0.1) is 17.9 Å². The van der Waals surface area contributed by atoms with E-state index in [4.69, 9.17) is 9.84 Å². The monoisotopic (exact) mass is 444 g/mol. The summed E-state index contributed by atoms with van der Waals surface area (Å²) in [6.45, 7) is 4.36. The number of benzene rings is 2. The summed E-state index contributed by atoms with van der Waals surface area (Å²) < 4.78 is 7.45. The van der Waals surface area contributed by atoms with Crippen LogP contribution in [-0.2, 0) is 11.2 Å². The van der Waals surface area contributed by atoms with Crippen LogP contribution >= 0.6 is 11.3 Å². The molecule has 0 bridgehead atoms. The second-order valence-electron chi connectivity index (χ2n) is 7.80. The minimum Gasteiger partial charge on any atom is -0.482 e. The van der Waals surface area contributed by atoms with Crippen molar-refractivity contribution < 1.29 is 9.53 Å². The predicted octanol–water partition coefficient (Wildman–Crippen LogP) is 4.61. The number of aromatic nitrogens is 1. The number of hydrogen-bond acceptors (Lipinski definition) is 5. The summed E-state index contributed by atoms with van der Waals surface area (Å²) in [5, 5.41) is 10.1. The molecule has 1 aliphatic heterocycles. The number of thiazole rings is 1. The van der Waals surface area contributed by atoms with Crippen LogP contribution < -0.4 is 14.9 Å². The van der Waals surface area contributed by atoms with E-state index in [-0.39, 0.29) is 12.5 Å². The summed E-state index contributed by atoms with van der Waals surface area (Å²) in [4.78, 5) is 17.3. The van der Waals surface area contributed by atoms with E-state index in [0.717, 1.165) is 47.5 Å². The predicted molar refractivity (Wildman–Crippen MR) is 128 cm³/mol. The van der Waals surface area contributed by atoms with Gasteiger partial charge in [-0.2, -0.15) is 5.10 Å². The highest BCUT2D eigenvalue weighted by molar-refractivity contribution is 7.07. The van der Waals surface area contributed by atoms with E-state index >= 15 is 0 Å². The topological polar surface area (TPSA) is 68.0 Å². The van der Waals surface area contributed by atoms with Crippen molar-refractivity contribution in [2.45, 2.75) is 25.7 Å². The number of fused-ring (bicyclic) bond motifs is 2. The molecule has 1 amide bonds. The lowest BCUT2D eigenvalue weighted by Crippen LogP contribution is -2.25. The van der Waals surface area contributed by atoms with Gasteiger partial charge in [-0.1, -0.05) is 30.3 Å². The third kappa shape index (κ3) is 4.03. The number of ether oxygens (including phenoxy) is 1. The standard InChI is InChI=1S/C25H24N4O2S/c1-2-13-26-25-29(28-20-10-6-4-8-17-7-3-5-9-19(17)20)22(16-32-25)18-11-12-23-21(14-18)27-24(30)15-31-23/h2-3,5,7,9,11-12,14,16H,1,4,6,8,10,13,15H2,(H,27,30). The highest BCUT2D eigenvalue weighted by atomic mass is 32.1. The van der Waals surface area contributed by atoms with Crippen LogP contribution in [0.1, 0.15) is 30.4 Å². The lowest BCUT2D eigenvalue weighted by Gasteiger charge is -2.18. The Morgan fingerprint density at radius 3 is 2.97 bits per heavy atom. The number of hydrogen-bond donors (Lipinski definition) is 1. The summed E-state index contributed by atoms with van der Waals surface area (Å²) in [5.74, 6) is 0.528. The normalized spacial score (nSPS) is 17.2. The lowest BCUT2D eigenvalue weighted by atomic mass is 10.0. The number of rotatable bonds is 4. The Labute approximate surface area is 190 Å². The first-order valence-corrected chi connectivity index (χ1v) is 11.7. The van der Waals surface area contributed by atoms with Crippen LogP contribution in [0.5, 0.6) is 5.75 Å². The molecule has 6 nitrogen and oxygen atoms in total. The highest BCUT2D eigenvalue weighted by Crippen LogP contribution is 2.33. The molecule has 0 saturated carbocycles. The highest BCUT2D eigenvalue weighted by Gasteiger charge is 2.19. The maximum atomic E-state index is 11.8. The Kier molecular flexibility index (Phi) is 5.73. The van der Waals surface area contributed by atoms with Crippen LogP contribution in [0.2, 0.25) is 0 Å². The Morgan fingerprint density at radius 2 is 2.06 bits per heavy atom. The molecule has 1 aromatic heterocycles. The summed E-state index contributed by atoms with van der Waals surface area (Å²) in [5.41, 5.74) is 6.18. The van der Waals surface area contributed by atoms with E-state index in [9.17, 15) is 4.79 Å². The van der Waals surface area contributed by atoms with Crippen molar-refractivity contribution in [1.29, 1.82) is 0 Å². The zero-order valence-electron chi connectivity index (χ0n) is 17.7. The van der Waals surface area contributed by atoms with Gasteiger partial charge in [-0.05, 0) is 49.4 Å². The molecule has 0 radical (unpaired) electrons. The minimum absolute atomic E-state index is 0.0441. The van der Waals surface area contributed by atoms with Gasteiger partial charge in [-0.25, -0.2) is 4.68 Å². The van der Waals surface area contributed by atoms with Crippen molar-refractivity contribution >= 4 is 28.6 Å². The van der Waals surface area contributed by atoms with E-state index in [1.165, 1.54) is 11.1 Å². The first-order valence-electron chi connectivity index (χ1n) is 10.8. The first kappa shape index (κ1) is 20.5. The van der Waals surface area contributed by atoms with E-state index < -0.39 is 0 Å². The van der Waals surface area contributed by atoms with Crippen LogP contribution in [0.15, 0.2) is 70.6 Å². The Bertz CT molecular complexity index is 1290. The molecule has 1 N–H and O–H groups in total. The van der Waals surface area contributed by atoms with Crippen LogP contribution in [-0.4, -0.2) is 29.4 Å². The van der Waals surface area contributed by atoms with Crippen LogP contribution in [0.25, 0.3) is 11.3 Å². The number of carbonyl (C=O) groups is 1. The largest absolute Gasteiger partial charge is 0.482 e. The van der Waals surface area contributed by atoms with Gasteiger partial charge in [0, 0.05) is 16.5 Å². The van der Waals surface area contributed by atoms with Gasteiger partial charge in [0.25, 0.3) is 5.91 Å². The lowest BCUT2D eigenvalue weighted by molar-refractivity contribution is -0.118. The minimum atomic E-state index is -0.148. The third-order valence-electron chi connectivity index (χ3n) is 5.61. The SMILES string of the molecule is C=CCN=c1scc(-c2ccc3c(c2)NC(=O)CO3)n1N=C1CCCCc2ccccc21. The molecule has 0 unspecified atom stereocenters. The molecule has 2 aromatic carbocycles. The third-order valence-corrected chi connectivity index (χ3v) is 6.46. The summed E-state index contributed by atoms with van der Waals surface area (Å²) in [6, 6.07) is 14.4. The van der Waals surface area contributed by atoms with Crippen molar-refractivity contribution in [3.8, 4) is 17.0 Å². The van der Waals surface area contributed by atoms with E-state index in [1.54, 1.807) is 17.4 Å². The molecule has 3 aromatic rings. The fourth-order valence-electron chi connectivity index (χ4n) is 4.07. The van der Waals surface area contributed by atoms with Gasteiger partial charge in [0.2, 0.25) is 4.80 Å². The molecule has 0 atom stereocenters. The number of aryl methyl sites for hydroxylation is 1. The van der Waals surface area contributed by atoms with E-state index in [2.05, 4.69) is 46.5 Å². The molecule has 0 saturated heterocycles. The Hall–Kier alpha value is -3.45. The average Bonchev–Trinajstić information content (AvgIpc) is 3.09. The van der Waals surface area contributed by atoms with Gasteiger partial charge in [0.05, 0.1) is 23.6 Å². The van der Waals surface area contributed by atoms with Crippen molar-refractivity contribution in [1.82, 2.24) is 4.68 Å². The van der Waals surface area contributed by atoms with Crippen molar-refractivity contribution in [2.24, 2.45) is 10.1 Å². The molecular weight excluding hydrogens is 420 g/mol. The second-order valence-corrected chi connectivity index (χ2v) is 8.64. The van der Waals surface area contributed by atoms with E-state index in [1.807, 2.05) is 22.9 Å². The number of anilines is 1. The molecule has 0 spiro atoms. The molecule has 5 rings (SSSR count). The molecule has 2 heterocycles. The molecule has 1 aliphatic carbocycles. The molecular formula is C25H24N4O2S. The molecule has 32 heavy (non-hydrogen) atoms. The van der Waals surface area contributed by atoms with Crippen LogP contribution in [0, 0.1) is 0 Å². The van der Waals surface area contributed by atoms with Crippen LogP contribution in [0.4, 0.5) is 5.69 Å². The zero-order chi connectivity index (χ0) is 21.9. The first-order chi connectivity index (χ1) is 15.7. The summed E-state index contributed by atoms with van der Waals surface area (Å²) in [7, 11) is 0. The molecule has 162 valence electrons. The van der Waals surface area contributed by atoms with Crippen molar-refractivity contribution in [2.75, 3.05) is 18.5 Å². The summed E-state index contributed by atoms with van der Waals surface area (Å²) in [6.07, 6.45) is 6.05. The van der Waals surface area contributed by atoms with Crippen molar-refractivity contribution in [3.05, 3.63) is 76.4 Å². The molecule has 2 aliphatic rings. The quantitative estimate of drug-likeness (QED) is 0.472. The van der Waals surface area contributed by atoms with Gasteiger partial charge in [0.1, 0.15) is 5.75 Å². The van der Waals surface area contributed by atoms with Gasteiger partial charge in [0.15, 0.2) is 6.61 Å². The fourth-order valence-corrected chi connectivity index (χ4v) is 4.92. The van der Waals surface area contributed by atoms with Crippen LogP contribution in [0.3, 0.4) is 0 Å². The van der Waals surface area contributed by atoms with Gasteiger partial charge in [-0.3, -0.25) is 9.79 Å². The smallest absolute Gasteiger partial charge is 0.262 e. The number of amides is 1. The number of nitrogens with one attached hydrogen (secondary N) is 1. The van der Waals surface area contributed by atoms with Gasteiger partial charge < -0.3 is 10.1 Å². The fraction of sp³-hybridized carbons (Fsp3) is 0.240. The van der Waals surface area contributed by atoms with E-state index in [0.29, 0.717) is 18.0 Å². The zero-order valence-corrected chi connectivity index (χ0v) is 18.5. The average molecular weight is 445 g/mol.